The van der Waals surface area contributed by atoms with E-state index in [0.717, 1.165) is 73.9 Å². The molecule has 4 aromatic carbocycles. The Bertz CT molecular complexity index is 2720. The lowest BCUT2D eigenvalue weighted by atomic mass is 9.92. The van der Waals surface area contributed by atoms with Crippen LogP contribution >= 0.6 is 0 Å². The van der Waals surface area contributed by atoms with E-state index in [-0.39, 0.29) is 35.9 Å². The predicted octanol–water partition coefficient (Wildman–Crippen LogP) is 7.52. The van der Waals surface area contributed by atoms with Gasteiger partial charge in [0.15, 0.2) is 0 Å². The first kappa shape index (κ1) is 43.7. The highest BCUT2D eigenvalue weighted by atomic mass is 16.5. The maximum absolute atomic E-state index is 14.0. The van der Waals surface area contributed by atoms with E-state index in [9.17, 15) is 19.5 Å². The second kappa shape index (κ2) is 18.2. The van der Waals surface area contributed by atoms with Crippen LogP contribution in [0.3, 0.4) is 0 Å². The van der Waals surface area contributed by atoms with Crippen molar-refractivity contribution < 1.29 is 38.4 Å². The van der Waals surface area contributed by atoms with E-state index in [0.29, 0.717) is 37.8 Å². The van der Waals surface area contributed by atoms with Gasteiger partial charge in [-0.3, -0.25) is 9.69 Å². The fraction of sp³-hybridized carbons (Fsp3) is 0.408. The van der Waals surface area contributed by atoms with Crippen LogP contribution in [0.4, 0.5) is 9.59 Å². The average Bonchev–Trinajstić information content (AvgIpc) is 4.15. The van der Waals surface area contributed by atoms with Gasteiger partial charge in [-0.1, -0.05) is 62.4 Å². The summed E-state index contributed by atoms with van der Waals surface area (Å²) in [6, 6.07) is 22.0. The van der Waals surface area contributed by atoms with Crippen molar-refractivity contribution in [1.82, 2.24) is 40.4 Å². The van der Waals surface area contributed by atoms with Gasteiger partial charge in [0.25, 0.3) is 0 Å². The van der Waals surface area contributed by atoms with Crippen molar-refractivity contribution in [3.05, 3.63) is 102 Å². The molecular weight excluding hydrogens is 829 g/mol. The van der Waals surface area contributed by atoms with Gasteiger partial charge in [0.05, 0.1) is 61.9 Å². The zero-order valence-electron chi connectivity index (χ0n) is 37.5. The van der Waals surface area contributed by atoms with Gasteiger partial charge in [-0.15, -0.1) is 0 Å². The van der Waals surface area contributed by atoms with Crippen molar-refractivity contribution in [1.29, 1.82) is 0 Å². The Hall–Kier alpha value is -6.49. The molecule has 7 unspecified atom stereocenters. The SMILES string of the molecule is COCC1CC(c2ncc(-c3ccc4c(c3)COc3cc5c(ccc6[nH]c(C7CCC(C)N7C(=O)C(NC(=O)OC)C(C)C)nc65)cc3-4)[nH]2)N(C(O)C(NC(=O)OC)c2ccccc2)C1. The predicted molar refractivity (Wildman–Crippen MR) is 244 cm³/mol. The number of fused-ring (bicyclic) bond motifs is 6. The Morgan fingerprint density at radius 2 is 1.69 bits per heavy atom. The molecule has 7 atom stereocenters. The maximum Gasteiger partial charge on any atom is 0.407 e. The molecule has 5 heterocycles. The summed E-state index contributed by atoms with van der Waals surface area (Å²) in [5.74, 6) is 2.02. The van der Waals surface area contributed by atoms with Crippen LogP contribution in [0.5, 0.6) is 5.75 Å². The number of nitrogens with one attached hydrogen (secondary N) is 4. The van der Waals surface area contributed by atoms with Gasteiger partial charge in [0, 0.05) is 30.6 Å². The van der Waals surface area contributed by atoms with Crippen LogP contribution in [0, 0.1) is 11.8 Å². The Kier molecular flexibility index (Phi) is 12.2. The Labute approximate surface area is 377 Å². The smallest absolute Gasteiger partial charge is 0.407 e. The van der Waals surface area contributed by atoms with Gasteiger partial charge in [0.1, 0.15) is 36.3 Å². The third-order valence-electron chi connectivity index (χ3n) is 13.3. The molecule has 6 aromatic rings. The number of H-pyrrole nitrogens is 2. The number of aromatic nitrogens is 4. The molecule has 0 spiro atoms. The molecule has 2 aromatic heterocycles. The number of nitrogens with zero attached hydrogens (tertiary/aromatic N) is 4. The van der Waals surface area contributed by atoms with Gasteiger partial charge < -0.3 is 49.6 Å². The van der Waals surface area contributed by atoms with Crippen molar-refractivity contribution in [2.24, 2.45) is 11.8 Å². The third kappa shape index (κ3) is 8.37. The first-order chi connectivity index (χ1) is 31.5. The number of alkyl carbamates (subject to hydrolysis) is 2. The number of aliphatic hydroxyl groups excluding tert-OH is 1. The lowest BCUT2D eigenvalue weighted by molar-refractivity contribution is -0.137. The summed E-state index contributed by atoms with van der Waals surface area (Å²) in [5, 5.41) is 19.5. The first-order valence-electron chi connectivity index (χ1n) is 22.2. The highest BCUT2D eigenvalue weighted by Crippen LogP contribution is 2.44. The molecular formula is C49H56N8O8. The zero-order chi connectivity index (χ0) is 45.5. The van der Waals surface area contributed by atoms with Crippen LogP contribution in [0.1, 0.15) is 80.9 Å². The minimum absolute atomic E-state index is 0.0311. The number of ether oxygens (including phenoxy) is 4. The molecule has 0 saturated carbocycles. The Morgan fingerprint density at radius 1 is 0.908 bits per heavy atom. The minimum atomic E-state index is -1.09. The highest BCUT2D eigenvalue weighted by molar-refractivity contribution is 6.07. The first-order valence-corrected chi connectivity index (χ1v) is 22.2. The number of methoxy groups -OCH3 is 3. The molecule has 2 saturated heterocycles. The van der Waals surface area contributed by atoms with Gasteiger partial charge in [-0.25, -0.2) is 19.6 Å². The summed E-state index contributed by atoms with van der Waals surface area (Å²) in [6.07, 6.45) is 1.72. The Morgan fingerprint density at radius 3 is 2.45 bits per heavy atom. The van der Waals surface area contributed by atoms with E-state index >= 15 is 0 Å². The van der Waals surface area contributed by atoms with E-state index in [2.05, 4.69) is 57.0 Å². The van der Waals surface area contributed by atoms with E-state index in [1.54, 1.807) is 7.11 Å². The summed E-state index contributed by atoms with van der Waals surface area (Å²) in [6.45, 7) is 7.27. The van der Waals surface area contributed by atoms with Gasteiger partial charge >= 0.3 is 12.2 Å². The van der Waals surface area contributed by atoms with Crippen LogP contribution in [-0.2, 0) is 25.6 Å². The maximum atomic E-state index is 14.0. The Balaban J connectivity index is 0.973. The number of carbonyl (C=O) groups excluding carboxylic acids is 3. The fourth-order valence-electron chi connectivity index (χ4n) is 10.0. The molecule has 0 aliphatic carbocycles. The summed E-state index contributed by atoms with van der Waals surface area (Å²) in [4.78, 5) is 59.5. The number of carbonyl (C=O) groups is 3. The normalized spacial score (nSPS) is 20.8. The standard InChI is InChI=1S/C49H56N8O8/c1-26(2)41(54-48(60)63-5)47(59)57-27(3)12-17-38(57)45-51-36-16-14-30-20-35-33-15-13-31(19-32(33)25-65-40(35)21-34(30)43(36)53-45)37-22-50-44(52-37)39-18-28(24-62-4)23-56(39)46(58)42(55-49(61)64-6)29-10-8-7-9-11-29/h7-11,13-16,19-22,26-28,38-39,41-42,46,58H,12,17-18,23-25H2,1-6H3,(H,50,52)(H,51,53)(H,54,60)(H,55,61). The molecule has 340 valence electrons. The lowest BCUT2D eigenvalue weighted by Crippen LogP contribution is -2.52. The van der Waals surface area contributed by atoms with Crippen LogP contribution in [0.2, 0.25) is 0 Å². The van der Waals surface area contributed by atoms with E-state index in [1.165, 1.54) is 14.2 Å². The second-order valence-electron chi connectivity index (χ2n) is 17.7. The topological polar surface area (TPSA) is 196 Å². The quantitative estimate of drug-likeness (QED) is 0.0815. The molecule has 0 radical (unpaired) electrons. The molecule has 2 fully saturated rings. The summed E-state index contributed by atoms with van der Waals surface area (Å²) >= 11 is 0. The van der Waals surface area contributed by atoms with Gasteiger partial charge in [0.2, 0.25) is 5.91 Å². The number of likely N-dealkylation sites (tertiary alicyclic amines) is 2. The number of amides is 3. The van der Waals surface area contributed by atoms with Crippen LogP contribution < -0.4 is 15.4 Å². The van der Waals surface area contributed by atoms with E-state index < -0.39 is 30.5 Å². The van der Waals surface area contributed by atoms with Gasteiger partial charge in [-0.2, -0.15) is 0 Å². The average molecular weight is 885 g/mol. The van der Waals surface area contributed by atoms with Crippen LogP contribution in [0.25, 0.3) is 44.2 Å². The van der Waals surface area contributed by atoms with E-state index in [1.807, 2.05) is 73.2 Å². The fourth-order valence-corrected chi connectivity index (χ4v) is 10.0. The van der Waals surface area contributed by atoms with E-state index in [4.69, 9.17) is 28.9 Å². The molecule has 16 heteroatoms. The molecule has 3 aliphatic heterocycles. The minimum Gasteiger partial charge on any atom is -0.488 e. The number of aliphatic hydroxyl groups is 1. The van der Waals surface area contributed by atoms with Gasteiger partial charge in [-0.05, 0) is 89.9 Å². The van der Waals surface area contributed by atoms with Crippen LogP contribution in [0.15, 0.2) is 79.0 Å². The molecule has 0 bridgehead atoms. The third-order valence-corrected chi connectivity index (χ3v) is 13.3. The van der Waals surface area contributed by atoms with Crippen molar-refractivity contribution in [3.63, 3.8) is 0 Å². The molecule has 3 aliphatic rings. The second-order valence-corrected chi connectivity index (χ2v) is 17.7. The number of rotatable bonds is 12. The number of benzene rings is 4. The number of hydrogen-bond acceptors (Lipinski definition) is 11. The summed E-state index contributed by atoms with van der Waals surface area (Å²) in [5.41, 5.74) is 7.29. The zero-order valence-corrected chi connectivity index (χ0v) is 37.5. The van der Waals surface area contributed by atoms with Crippen molar-refractivity contribution >= 4 is 39.9 Å². The number of aromatic amines is 2. The van der Waals surface area contributed by atoms with Crippen molar-refractivity contribution in [3.8, 4) is 28.1 Å². The van der Waals surface area contributed by atoms with Crippen molar-refractivity contribution in [2.45, 2.75) is 83.1 Å². The molecule has 9 rings (SSSR count). The molecule has 3 amide bonds. The number of imidazole rings is 2. The molecule has 65 heavy (non-hydrogen) atoms. The lowest BCUT2D eigenvalue weighted by Gasteiger charge is -2.34. The van der Waals surface area contributed by atoms with Crippen molar-refractivity contribution in [2.75, 3.05) is 34.5 Å². The highest BCUT2D eigenvalue weighted by Gasteiger charge is 2.43. The summed E-state index contributed by atoms with van der Waals surface area (Å²) in [7, 11) is 4.27. The summed E-state index contributed by atoms with van der Waals surface area (Å²) < 4.78 is 21.8. The largest absolute Gasteiger partial charge is 0.488 e. The monoisotopic (exact) mass is 884 g/mol. The molecule has 16 nitrogen and oxygen atoms in total. The van der Waals surface area contributed by atoms with Crippen LogP contribution in [-0.4, -0.2) is 106 Å². The number of hydrogen-bond donors (Lipinski definition) is 5. The molecule has 5 N–H and O–H groups in total.